The first-order valence-corrected chi connectivity index (χ1v) is 5.16. The quantitative estimate of drug-likeness (QED) is 0.828. The number of ether oxygens (including phenoxy) is 1. The largest absolute Gasteiger partial charge is 0.450 e. The van der Waals surface area contributed by atoms with Gasteiger partial charge < -0.3 is 4.74 Å². The normalized spacial score (nSPS) is 9.69. The van der Waals surface area contributed by atoms with Gasteiger partial charge in [-0.05, 0) is 49.2 Å². The lowest BCUT2D eigenvalue weighted by Crippen LogP contribution is -2.13. The summed E-state index contributed by atoms with van der Waals surface area (Å²) in [4.78, 5) is 22.1. The minimum atomic E-state index is -0.521. The van der Waals surface area contributed by atoms with Crippen molar-refractivity contribution in [2.45, 2.75) is 13.8 Å². The molecule has 0 radical (unpaired) electrons. The number of halogens is 1. The second kappa shape index (κ2) is 5.51. The summed E-state index contributed by atoms with van der Waals surface area (Å²) >= 11 is 5.37. The minimum Gasteiger partial charge on any atom is -0.450 e. The van der Waals surface area contributed by atoms with Crippen LogP contribution in [0.4, 0.5) is 10.5 Å². The predicted octanol–water partition coefficient (Wildman–Crippen LogP) is 2.94. The molecule has 0 saturated heterocycles. The number of rotatable bonds is 3. The van der Waals surface area contributed by atoms with Crippen LogP contribution in [0.15, 0.2) is 18.2 Å². The van der Waals surface area contributed by atoms with E-state index in [9.17, 15) is 9.59 Å². The van der Waals surface area contributed by atoms with Gasteiger partial charge in [-0.15, -0.1) is 0 Å². The highest BCUT2D eigenvalue weighted by Crippen LogP contribution is 2.17. The molecule has 16 heavy (non-hydrogen) atoms. The molecule has 0 bridgehead atoms. The first-order valence-electron chi connectivity index (χ1n) is 4.79. The summed E-state index contributed by atoms with van der Waals surface area (Å²) in [6.07, 6.45) is -0.521. The molecule has 0 aliphatic heterocycles. The average Bonchev–Trinajstić information content (AvgIpc) is 2.17. The fourth-order valence-electron chi connectivity index (χ4n) is 1.25. The summed E-state index contributed by atoms with van der Waals surface area (Å²) in [7, 11) is 0. The Kier molecular flexibility index (Phi) is 4.31. The maximum atomic E-state index is 11.1. The third kappa shape index (κ3) is 3.24. The lowest BCUT2D eigenvalue weighted by Gasteiger charge is -2.07. The van der Waals surface area contributed by atoms with Crippen LogP contribution in [0.25, 0.3) is 0 Å². The molecule has 0 fully saturated rings. The highest BCUT2D eigenvalue weighted by atomic mass is 35.5. The fraction of sp³-hybridized carbons (Fsp3) is 0.273. The molecule has 0 aliphatic carbocycles. The van der Waals surface area contributed by atoms with Crippen molar-refractivity contribution < 1.29 is 14.3 Å². The van der Waals surface area contributed by atoms with Crippen LogP contribution in [0, 0.1) is 6.92 Å². The molecule has 1 aromatic rings. The smallest absolute Gasteiger partial charge is 0.411 e. The SMILES string of the molecule is CCOC(=O)Nc1ccc(C(=O)Cl)c(C)c1. The van der Waals surface area contributed by atoms with Crippen molar-refractivity contribution in [3.05, 3.63) is 29.3 Å². The van der Waals surface area contributed by atoms with Gasteiger partial charge in [-0.25, -0.2) is 4.79 Å². The summed E-state index contributed by atoms with van der Waals surface area (Å²) in [5, 5.41) is 2.02. The van der Waals surface area contributed by atoms with E-state index in [1.54, 1.807) is 32.0 Å². The van der Waals surface area contributed by atoms with E-state index in [-0.39, 0.29) is 0 Å². The van der Waals surface area contributed by atoms with Gasteiger partial charge in [-0.1, -0.05) is 0 Å². The maximum Gasteiger partial charge on any atom is 0.411 e. The Bertz CT molecular complexity index is 418. The summed E-state index contributed by atoms with van der Waals surface area (Å²) in [5.41, 5.74) is 1.70. The van der Waals surface area contributed by atoms with Crippen molar-refractivity contribution in [3.8, 4) is 0 Å². The highest BCUT2D eigenvalue weighted by molar-refractivity contribution is 6.67. The number of aryl methyl sites for hydroxylation is 1. The van der Waals surface area contributed by atoms with Crippen LogP contribution in [0.2, 0.25) is 0 Å². The molecule has 0 aliphatic rings. The van der Waals surface area contributed by atoms with E-state index in [0.29, 0.717) is 23.4 Å². The van der Waals surface area contributed by atoms with Crippen LogP contribution in [0.3, 0.4) is 0 Å². The molecular formula is C11H12ClNO3. The molecule has 0 saturated carbocycles. The summed E-state index contributed by atoms with van der Waals surface area (Å²) in [5.74, 6) is 0. The average molecular weight is 242 g/mol. The number of nitrogens with one attached hydrogen (secondary N) is 1. The van der Waals surface area contributed by atoms with Crippen molar-refractivity contribution in [1.29, 1.82) is 0 Å². The monoisotopic (exact) mass is 241 g/mol. The van der Waals surface area contributed by atoms with Gasteiger partial charge in [0.2, 0.25) is 0 Å². The van der Waals surface area contributed by atoms with Gasteiger partial charge in [-0.3, -0.25) is 10.1 Å². The highest BCUT2D eigenvalue weighted by Gasteiger charge is 2.08. The van der Waals surface area contributed by atoms with E-state index >= 15 is 0 Å². The summed E-state index contributed by atoms with van der Waals surface area (Å²) in [6, 6.07) is 4.82. The van der Waals surface area contributed by atoms with E-state index in [0.717, 1.165) is 0 Å². The Morgan fingerprint density at radius 2 is 2.12 bits per heavy atom. The van der Waals surface area contributed by atoms with Gasteiger partial charge in [0.1, 0.15) is 0 Å². The second-order valence-electron chi connectivity index (χ2n) is 3.15. The van der Waals surface area contributed by atoms with E-state index in [1.807, 2.05) is 0 Å². The Labute approximate surface area is 98.5 Å². The number of hydrogen-bond acceptors (Lipinski definition) is 3. The Morgan fingerprint density at radius 3 is 2.62 bits per heavy atom. The maximum absolute atomic E-state index is 11.1. The summed E-state index contributed by atoms with van der Waals surface area (Å²) in [6.45, 7) is 3.77. The van der Waals surface area contributed by atoms with E-state index in [2.05, 4.69) is 5.32 Å². The number of amides is 1. The molecule has 1 rings (SSSR count). The third-order valence-electron chi connectivity index (χ3n) is 1.96. The molecule has 0 aromatic heterocycles. The topological polar surface area (TPSA) is 55.4 Å². The van der Waals surface area contributed by atoms with Gasteiger partial charge >= 0.3 is 6.09 Å². The first kappa shape index (κ1) is 12.5. The lowest BCUT2D eigenvalue weighted by molar-refractivity contribution is 0.108. The fourth-order valence-corrected chi connectivity index (χ4v) is 1.46. The summed E-state index contributed by atoms with van der Waals surface area (Å²) < 4.78 is 4.72. The zero-order chi connectivity index (χ0) is 12.1. The second-order valence-corrected chi connectivity index (χ2v) is 3.49. The molecule has 0 spiro atoms. The minimum absolute atomic E-state index is 0.309. The van der Waals surface area contributed by atoms with E-state index < -0.39 is 11.3 Å². The van der Waals surface area contributed by atoms with E-state index in [1.165, 1.54) is 0 Å². The van der Waals surface area contributed by atoms with Crippen LogP contribution in [-0.2, 0) is 4.74 Å². The Morgan fingerprint density at radius 1 is 1.44 bits per heavy atom. The van der Waals surface area contributed by atoms with Gasteiger partial charge in [0.05, 0.1) is 6.61 Å². The van der Waals surface area contributed by atoms with Crippen LogP contribution in [0.5, 0.6) is 0 Å². The van der Waals surface area contributed by atoms with Gasteiger partial charge in [0.15, 0.2) is 0 Å². The third-order valence-corrected chi connectivity index (χ3v) is 2.16. The molecule has 86 valence electrons. The van der Waals surface area contributed by atoms with E-state index in [4.69, 9.17) is 16.3 Å². The van der Waals surface area contributed by atoms with Crippen LogP contribution in [-0.4, -0.2) is 17.9 Å². The molecule has 0 atom stereocenters. The Hall–Kier alpha value is -1.55. The molecule has 1 aromatic carbocycles. The van der Waals surface area contributed by atoms with Crippen molar-refractivity contribution in [3.63, 3.8) is 0 Å². The van der Waals surface area contributed by atoms with Crippen molar-refractivity contribution in [2.75, 3.05) is 11.9 Å². The number of carbonyl (C=O) groups is 2. The zero-order valence-electron chi connectivity index (χ0n) is 9.04. The predicted molar refractivity (Wildman–Crippen MR) is 62.0 cm³/mol. The van der Waals surface area contributed by atoms with Crippen molar-refractivity contribution >= 4 is 28.6 Å². The molecular weight excluding hydrogens is 230 g/mol. The molecule has 0 unspecified atom stereocenters. The van der Waals surface area contributed by atoms with Gasteiger partial charge in [0, 0.05) is 11.3 Å². The van der Waals surface area contributed by atoms with Crippen molar-refractivity contribution in [2.24, 2.45) is 0 Å². The Balaban J connectivity index is 2.81. The number of carbonyl (C=O) groups excluding carboxylic acids is 2. The lowest BCUT2D eigenvalue weighted by atomic mass is 10.1. The van der Waals surface area contributed by atoms with Crippen LogP contribution >= 0.6 is 11.6 Å². The number of anilines is 1. The molecule has 4 nitrogen and oxygen atoms in total. The van der Waals surface area contributed by atoms with Crippen molar-refractivity contribution in [1.82, 2.24) is 0 Å². The number of hydrogen-bond donors (Lipinski definition) is 1. The number of benzene rings is 1. The first-order chi connectivity index (χ1) is 7.54. The zero-order valence-corrected chi connectivity index (χ0v) is 9.80. The van der Waals surface area contributed by atoms with Crippen LogP contribution in [0.1, 0.15) is 22.8 Å². The molecule has 5 heteroatoms. The molecule has 0 heterocycles. The van der Waals surface area contributed by atoms with Gasteiger partial charge in [-0.2, -0.15) is 0 Å². The van der Waals surface area contributed by atoms with Crippen LogP contribution < -0.4 is 5.32 Å². The van der Waals surface area contributed by atoms with Gasteiger partial charge in [0.25, 0.3) is 5.24 Å². The molecule has 1 amide bonds. The standard InChI is InChI=1S/C11H12ClNO3/c1-3-16-11(15)13-8-4-5-9(10(12)14)7(2)6-8/h4-6H,3H2,1-2H3,(H,13,15). The molecule has 1 N–H and O–H groups in total.